The summed E-state index contributed by atoms with van der Waals surface area (Å²) in [6.07, 6.45) is 1.10. The van der Waals surface area contributed by atoms with Crippen LogP contribution in [0.15, 0.2) is 48.5 Å². The molecule has 1 heterocycles. The van der Waals surface area contributed by atoms with Crippen molar-refractivity contribution in [1.82, 2.24) is 0 Å². The maximum atomic E-state index is 5.87. The minimum atomic E-state index is 0.452. The van der Waals surface area contributed by atoms with Gasteiger partial charge in [-0.3, -0.25) is 0 Å². The molecule has 1 aliphatic heterocycles. The molecule has 1 atom stereocenters. The lowest BCUT2D eigenvalue weighted by molar-refractivity contribution is 0.282. The summed E-state index contributed by atoms with van der Waals surface area (Å²) in [5.41, 5.74) is 2.58. The summed E-state index contributed by atoms with van der Waals surface area (Å²) in [5, 5.41) is 4.16. The Morgan fingerprint density at radius 1 is 1.11 bits per heavy atom. The second-order valence-electron chi connectivity index (χ2n) is 4.76. The van der Waals surface area contributed by atoms with E-state index in [1.165, 1.54) is 11.3 Å². The molecule has 2 nitrogen and oxygen atoms in total. The predicted octanol–water partition coefficient (Wildman–Crippen LogP) is 4.32. The van der Waals surface area contributed by atoms with E-state index in [2.05, 4.69) is 29.6 Å². The lowest BCUT2D eigenvalue weighted by Gasteiger charge is -2.26. The van der Waals surface area contributed by atoms with E-state index in [1.807, 2.05) is 24.3 Å². The van der Waals surface area contributed by atoms with E-state index in [9.17, 15) is 0 Å². The maximum absolute atomic E-state index is 5.87. The summed E-state index contributed by atoms with van der Waals surface area (Å²) in [5.74, 6) is 1.33. The van der Waals surface area contributed by atoms with Gasteiger partial charge in [-0.2, -0.15) is 0 Å². The topological polar surface area (TPSA) is 21.3 Å². The van der Waals surface area contributed by atoms with Crippen molar-refractivity contribution < 1.29 is 4.74 Å². The molecule has 0 aliphatic carbocycles. The minimum absolute atomic E-state index is 0.452. The standard InChI is InChI=1S/C16H16ClNO/c17-13-5-7-14(8-6-13)19-11-12-9-10-18-16-4-2-1-3-15(12)16/h1-8,12,18H,9-11H2. The van der Waals surface area contributed by atoms with Crippen LogP contribution in [0.25, 0.3) is 0 Å². The highest BCUT2D eigenvalue weighted by Gasteiger charge is 2.19. The molecule has 2 aromatic rings. The van der Waals surface area contributed by atoms with Crippen molar-refractivity contribution in [3.8, 4) is 5.75 Å². The number of para-hydroxylation sites is 1. The average Bonchev–Trinajstić information content (AvgIpc) is 2.47. The molecule has 1 N–H and O–H groups in total. The molecule has 0 bridgehead atoms. The lowest BCUT2D eigenvalue weighted by atomic mass is 9.92. The van der Waals surface area contributed by atoms with Crippen LogP contribution in [0, 0.1) is 0 Å². The number of fused-ring (bicyclic) bond motifs is 1. The molecule has 2 aromatic carbocycles. The number of nitrogens with one attached hydrogen (secondary N) is 1. The van der Waals surface area contributed by atoms with Crippen LogP contribution < -0.4 is 10.1 Å². The molecule has 1 unspecified atom stereocenters. The molecule has 0 fully saturated rings. The Morgan fingerprint density at radius 3 is 2.74 bits per heavy atom. The fraction of sp³-hybridized carbons (Fsp3) is 0.250. The highest BCUT2D eigenvalue weighted by molar-refractivity contribution is 6.30. The third-order valence-corrected chi connectivity index (χ3v) is 3.73. The van der Waals surface area contributed by atoms with Crippen LogP contribution in [-0.2, 0) is 0 Å². The molecule has 3 rings (SSSR count). The molecule has 19 heavy (non-hydrogen) atoms. The Hall–Kier alpha value is -1.67. The summed E-state index contributed by atoms with van der Waals surface area (Å²) in [4.78, 5) is 0. The number of hydrogen-bond donors (Lipinski definition) is 1. The Kier molecular flexibility index (Phi) is 3.60. The third kappa shape index (κ3) is 2.85. The van der Waals surface area contributed by atoms with Crippen LogP contribution in [0.4, 0.5) is 5.69 Å². The highest BCUT2D eigenvalue weighted by Crippen LogP contribution is 2.31. The number of benzene rings is 2. The monoisotopic (exact) mass is 273 g/mol. The van der Waals surface area contributed by atoms with Crippen molar-refractivity contribution in [2.75, 3.05) is 18.5 Å². The molecule has 0 saturated heterocycles. The number of hydrogen-bond acceptors (Lipinski definition) is 2. The fourth-order valence-corrected chi connectivity index (χ4v) is 2.58. The Balaban J connectivity index is 1.69. The van der Waals surface area contributed by atoms with E-state index in [1.54, 1.807) is 0 Å². The first-order chi connectivity index (χ1) is 9.33. The number of anilines is 1. The Labute approximate surface area is 118 Å². The molecule has 1 aliphatic rings. The van der Waals surface area contributed by atoms with Crippen molar-refractivity contribution in [2.45, 2.75) is 12.3 Å². The van der Waals surface area contributed by atoms with Gasteiger partial charge in [0.15, 0.2) is 0 Å². The van der Waals surface area contributed by atoms with Crippen molar-refractivity contribution in [1.29, 1.82) is 0 Å². The van der Waals surface area contributed by atoms with Crippen molar-refractivity contribution in [2.24, 2.45) is 0 Å². The van der Waals surface area contributed by atoms with Gasteiger partial charge in [-0.25, -0.2) is 0 Å². The molecule has 0 amide bonds. The normalized spacial score (nSPS) is 17.4. The predicted molar refractivity (Wildman–Crippen MR) is 79.2 cm³/mol. The maximum Gasteiger partial charge on any atom is 0.119 e. The van der Waals surface area contributed by atoms with E-state index in [0.717, 1.165) is 23.7 Å². The second kappa shape index (κ2) is 5.54. The van der Waals surface area contributed by atoms with Crippen LogP contribution in [0.3, 0.4) is 0 Å². The Bertz CT molecular complexity index is 553. The van der Waals surface area contributed by atoms with Gasteiger partial charge in [0, 0.05) is 23.2 Å². The van der Waals surface area contributed by atoms with E-state index in [0.29, 0.717) is 12.5 Å². The highest BCUT2D eigenvalue weighted by atomic mass is 35.5. The van der Waals surface area contributed by atoms with E-state index >= 15 is 0 Å². The van der Waals surface area contributed by atoms with Gasteiger partial charge >= 0.3 is 0 Å². The van der Waals surface area contributed by atoms with Gasteiger partial charge < -0.3 is 10.1 Å². The molecule has 0 spiro atoms. The van der Waals surface area contributed by atoms with Crippen LogP contribution in [0.2, 0.25) is 5.02 Å². The number of halogens is 1. The molecule has 0 radical (unpaired) electrons. The number of rotatable bonds is 3. The van der Waals surface area contributed by atoms with Crippen molar-refractivity contribution >= 4 is 17.3 Å². The van der Waals surface area contributed by atoms with Crippen LogP contribution >= 0.6 is 11.6 Å². The zero-order chi connectivity index (χ0) is 13.1. The first-order valence-corrected chi connectivity index (χ1v) is 6.92. The van der Waals surface area contributed by atoms with E-state index in [4.69, 9.17) is 16.3 Å². The van der Waals surface area contributed by atoms with Gasteiger partial charge in [0.2, 0.25) is 0 Å². The molecule has 0 saturated carbocycles. The molecular formula is C16H16ClNO. The second-order valence-corrected chi connectivity index (χ2v) is 5.20. The van der Waals surface area contributed by atoms with Gasteiger partial charge in [0.05, 0.1) is 6.61 Å². The SMILES string of the molecule is Clc1ccc(OCC2CCNc3ccccc32)cc1. The lowest BCUT2D eigenvalue weighted by Crippen LogP contribution is -2.21. The van der Waals surface area contributed by atoms with Gasteiger partial charge in [0.1, 0.15) is 5.75 Å². The van der Waals surface area contributed by atoms with Gasteiger partial charge in [0.25, 0.3) is 0 Å². The number of ether oxygens (including phenoxy) is 1. The molecule has 0 aromatic heterocycles. The molecule has 98 valence electrons. The van der Waals surface area contributed by atoms with Gasteiger partial charge in [-0.15, -0.1) is 0 Å². The van der Waals surface area contributed by atoms with Crippen LogP contribution in [0.5, 0.6) is 5.75 Å². The zero-order valence-electron chi connectivity index (χ0n) is 10.6. The average molecular weight is 274 g/mol. The largest absolute Gasteiger partial charge is 0.493 e. The van der Waals surface area contributed by atoms with Crippen molar-refractivity contribution in [3.63, 3.8) is 0 Å². The third-order valence-electron chi connectivity index (χ3n) is 3.47. The van der Waals surface area contributed by atoms with Gasteiger partial charge in [-0.1, -0.05) is 29.8 Å². The molecule has 3 heteroatoms. The molecular weight excluding hydrogens is 258 g/mol. The zero-order valence-corrected chi connectivity index (χ0v) is 11.4. The van der Waals surface area contributed by atoms with Gasteiger partial charge in [-0.05, 0) is 42.3 Å². The first kappa shape index (κ1) is 12.4. The summed E-state index contributed by atoms with van der Waals surface area (Å²) in [7, 11) is 0. The van der Waals surface area contributed by atoms with Crippen LogP contribution in [0.1, 0.15) is 17.9 Å². The Morgan fingerprint density at radius 2 is 1.89 bits per heavy atom. The smallest absolute Gasteiger partial charge is 0.119 e. The summed E-state index contributed by atoms with van der Waals surface area (Å²) in [6.45, 7) is 1.71. The summed E-state index contributed by atoms with van der Waals surface area (Å²) in [6, 6.07) is 16.0. The summed E-state index contributed by atoms with van der Waals surface area (Å²) >= 11 is 5.86. The minimum Gasteiger partial charge on any atom is -0.493 e. The van der Waals surface area contributed by atoms with Crippen molar-refractivity contribution in [3.05, 3.63) is 59.1 Å². The van der Waals surface area contributed by atoms with Crippen LogP contribution in [-0.4, -0.2) is 13.2 Å². The van der Waals surface area contributed by atoms with E-state index in [-0.39, 0.29) is 0 Å². The van der Waals surface area contributed by atoms with E-state index < -0.39 is 0 Å². The quantitative estimate of drug-likeness (QED) is 0.899. The fourth-order valence-electron chi connectivity index (χ4n) is 2.45. The first-order valence-electron chi connectivity index (χ1n) is 6.54. The summed E-state index contributed by atoms with van der Waals surface area (Å²) < 4.78 is 5.87.